The minimum Gasteiger partial charge on any atom is -0.411 e. The Morgan fingerprint density at radius 3 is 2.48 bits per heavy atom. The summed E-state index contributed by atoms with van der Waals surface area (Å²) in [7, 11) is 0. The van der Waals surface area contributed by atoms with Crippen LogP contribution in [0.2, 0.25) is 0 Å². The van der Waals surface area contributed by atoms with E-state index in [1.54, 1.807) is 13.0 Å². The maximum atomic E-state index is 12.8. The molecule has 1 saturated heterocycles. The normalized spacial score (nSPS) is 18.1. The van der Waals surface area contributed by atoms with Crippen molar-refractivity contribution in [1.29, 1.82) is 0 Å². The highest BCUT2D eigenvalue weighted by Crippen LogP contribution is 2.31. The van der Waals surface area contributed by atoms with Gasteiger partial charge in [0.25, 0.3) is 0 Å². The molecule has 1 aliphatic rings. The monoisotopic (exact) mass is 407 g/mol. The van der Waals surface area contributed by atoms with E-state index in [-0.39, 0.29) is 6.29 Å². The van der Waals surface area contributed by atoms with Crippen molar-refractivity contribution in [3.05, 3.63) is 59.2 Å². The summed E-state index contributed by atoms with van der Waals surface area (Å²) in [6, 6.07) is 10.6. The highest BCUT2D eigenvalue weighted by Gasteiger charge is 2.30. The Morgan fingerprint density at radius 1 is 1.14 bits per heavy atom. The Morgan fingerprint density at radius 2 is 1.86 bits per heavy atom. The molecule has 0 spiro atoms. The molecule has 0 saturated carbocycles. The van der Waals surface area contributed by atoms with Crippen molar-refractivity contribution >= 4 is 5.71 Å². The van der Waals surface area contributed by atoms with Gasteiger partial charge < -0.3 is 14.7 Å². The van der Waals surface area contributed by atoms with Gasteiger partial charge in [0, 0.05) is 12.2 Å². The van der Waals surface area contributed by atoms with E-state index in [1.807, 2.05) is 12.1 Å². The molecule has 1 atom stereocenters. The van der Waals surface area contributed by atoms with Crippen LogP contribution in [0.5, 0.6) is 0 Å². The fraction of sp³-hybridized carbons (Fsp3) is 0.409. The van der Waals surface area contributed by atoms with Crippen LogP contribution in [0, 0.1) is 0 Å². The minimum absolute atomic E-state index is 0.196. The smallest absolute Gasteiger partial charge is 0.411 e. The van der Waals surface area contributed by atoms with Crippen LogP contribution in [0.4, 0.5) is 13.2 Å². The van der Waals surface area contributed by atoms with Crippen LogP contribution < -0.4 is 0 Å². The SMILES string of the molecule is CC(=NO)c1ccc(-c2ccc(C(F)(F)F)cc2)cc1CCOC1CCCCO1. The summed E-state index contributed by atoms with van der Waals surface area (Å²) in [6.45, 7) is 2.84. The second-order valence-electron chi connectivity index (χ2n) is 7.05. The molecule has 2 aromatic carbocycles. The van der Waals surface area contributed by atoms with E-state index in [0.717, 1.165) is 48.1 Å². The molecule has 1 N–H and O–H groups in total. The van der Waals surface area contributed by atoms with Gasteiger partial charge in [-0.3, -0.25) is 0 Å². The maximum Gasteiger partial charge on any atom is 0.416 e. The number of hydrogen-bond acceptors (Lipinski definition) is 4. The molecule has 1 heterocycles. The molecular formula is C22H24F3NO3. The van der Waals surface area contributed by atoms with Crippen molar-refractivity contribution in [2.75, 3.05) is 13.2 Å². The molecular weight excluding hydrogens is 383 g/mol. The first kappa shape index (κ1) is 21.3. The van der Waals surface area contributed by atoms with E-state index in [1.165, 1.54) is 12.1 Å². The molecule has 2 aromatic rings. The number of hydrogen-bond donors (Lipinski definition) is 1. The van der Waals surface area contributed by atoms with Crippen molar-refractivity contribution in [2.45, 2.75) is 45.1 Å². The van der Waals surface area contributed by atoms with Gasteiger partial charge in [-0.25, -0.2) is 0 Å². The third kappa shape index (κ3) is 5.58. The Hall–Kier alpha value is -2.38. The first-order valence-electron chi connectivity index (χ1n) is 9.61. The van der Waals surface area contributed by atoms with Crippen LogP contribution in [0.25, 0.3) is 11.1 Å². The van der Waals surface area contributed by atoms with Gasteiger partial charge >= 0.3 is 6.18 Å². The number of ether oxygens (including phenoxy) is 2. The van der Waals surface area contributed by atoms with Gasteiger partial charge in [-0.05, 0) is 61.4 Å². The molecule has 4 nitrogen and oxygen atoms in total. The van der Waals surface area contributed by atoms with Gasteiger partial charge in [-0.15, -0.1) is 0 Å². The van der Waals surface area contributed by atoms with E-state index in [4.69, 9.17) is 14.7 Å². The Balaban J connectivity index is 1.79. The summed E-state index contributed by atoms with van der Waals surface area (Å²) in [5.41, 5.74) is 2.93. The second kappa shape index (κ2) is 9.41. The molecule has 0 aromatic heterocycles. The van der Waals surface area contributed by atoms with Gasteiger partial charge in [0.1, 0.15) is 0 Å². The molecule has 0 bridgehead atoms. The number of rotatable bonds is 6. The van der Waals surface area contributed by atoms with E-state index in [9.17, 15) is 13.2 Å². The Labute approximate surface area is 167 Å². The zero-order valence-corrected chi connectivity index (χ0v) is 16.2. The third-order valence-electron chi connectivity index (χ3n) is 5.00. The van der Waals surface area contributed by atoms with E-state index in [2.05, 4.69) is 5.16 Å². The average molecular weight is 407 g/mol. The van der Waals surface area contributed by atoms with E-state index >= 15 is 0 Å². The zero-order chi connectivity index (χ0) is 20.9. The second-order valence-corrected chi connectivity index (χ2v) is 7.05. The molecule has 0 aliphatic carbocycles. The first-order valence-corrected chi connectivity index (χ1v) is 9.61. The van der Waals surface area contributed by atoms with Crippen molar-refractivity contribution in [3.8, 4) is 11.1 Å². The third-order valence-corrected chi connectivity index (χ3v) is 5.00. The molecule has 7 heteroatoms. The summed E-state index contributed by atoms with van der Waals surface area (Å²) >= 11 is 0. The fourth-order valence-corrected chi connectivity index (χ4v) is 3.38. The zero-order valence-electron chi connectivity index (χ0n) is 16.2. The van der Waals surface area contributed by atoms with Crippen LogP contribution in [0.1, 0.15) is 42.9 Å². The minimum atomic E-state index is -4.36. The van der Waals surface area contributed by atoms with Crippen LogP contribution in [0.15, 0.2) is 47.6 Å². The summed E-state index contributed by atoms with van der Waals surface area (Å²) in [4.78, 5) is 0. The molecule has 0 amide bonds. The number of alkyl halides is 3. The lowest BCUT2D eigenvalue weighted by molar-refractivity contribution is -0.161. The van der Waals surface area contributed by atoms with Crippen LogP contribution >= 0.6 is 0 Å². The fourth-order valence-electron chi connectivity index (χ4n) is 3.38. The molecule has 1 unspecified atom stereocenters. The summed E-state index contributed by atoms with van der Waals surface area (Å²) in [6.07, 6.45) is -0.994. The van der Waals surface area contributed by atoms with Crippen molar-refractivity contribution < 1.29 is 27.9 Å². The summed E-state index contributed by atoms with van der Waals surface area (Å²) in [5.74, 6) is 0. The van der Waals surface area contributed by atoms with Gasteiger partial charge in [0.2, 0.25) is 0 Å². The lowest BCUT2D eigenvalue weighted by atomic mass is 9.95. The number of benzene rings is 2. The van der Waals surface area contributed by atoms with Crippen molar-refractivity contribution in [2.24, 2.45) is 5.16 Å². The summed E-state index contributed by atoms with van der Waals surface area (Å²) in [5, 5.41) is 12.4. The Kier molecular flexibility index (Phi) is 6.92. The number of nitrogens with zero attached hydrogens (tertiary/aromatic N) is 1. The molecule has 1 fully saturated rings. The highest BCUT2D eigenvalue weighted by molar-refractivity contribution is 6.00. The van der Waals surface area contributed by atoms with Crippen LogP contribution in [-0.2, 0) is 22.1 Å². The highest BCUT2D eigenvalue weighted by atomic mass is 19.4. The van der Waals surface area contributed by atoms with Gasteiger partial charge in [-0.2, -0.15) is 13.2 Å². The van der Waals surface area contributed by atoms with Gasteiger partial charge in [-0.1, -0.05) is 35.5 Å². The predicted octanol–water partition coefficient (Wildman–Crippen LogP) is 5.66. The molecule has 3 rings (SSSR count). The largest absolute Gasteiger partial charge is 0.416 e. The number of oxime groups is 1. The maximum absolute atomic E-state index is 12.8. The molecule has 29 heavy (non-hydrogen) atoms. The van der Waals surface area contributed by atoms with Gasteiger partial charge in [0.05, 0.1) is 17.9 Å². The molecule has 1 aliphatic heterocycles. The molecule has 156 valence electrons. The quantitative estimate of drug-likeness (QED) is 0.382. The Bertz CT molecular complexity index is 841. The van der Waals surface area contributed by atoms with Gasteiger partial charge in [0.15, 0.2) is 6.29 Å². The topological polar surface area (TPSA) is 51.1 Å². The lowest BCUT2D eigenvalue weighted by Gasteiger charge is -2.23. The predicted molar refractivity (Wildman–Crippen MR) is 104 cm³/mol. The van der Waals surface area contributed by atoms with Crippen molar-refractivity contribution in [3.63, 3.8) is 0 Å². The van der Waals surface area contributed by atoms with Crippen molar-refractivity contribution in [1.82, 2.24) is 0 Å². The standard InChI is InChI=1S/C22H24F3NO3/c1-15(26-27)20-10-7-17(16-5-8-19(9-6-16)22(23,24)25)14-18(20)11-13-29-21-4-2-3-12-28-21/h5-10,14,21,27H,2-4,11-13H2,1H3. The first-order chi connectivity index (χ1) is 13.9. The lowest BCUT2D eigenvalue weighted by Crippen LogP contribution is -2.23. The van der Waals surface area contributed by atoms with E-state index < -0.39 is 11.7 Å². The van der Waals surface area contributed by atoms with E-state index in [0.29, 0.717) is 30.9 Å². The average Bonchev–Trinajstić information content (AvgIpc) is 2.73. The van der Waals surface area contributed by atoms with Crippen LogP contribution in [-0.4, -0.2) is 30.4 Å². The molecule has 0 radical (unpaired) electrons. The van der Waals surface area contributed by atoms with Crippen LogP contribution in [0.3, 0.4) is 0 Å². The summed E-state index contributed by atoms with van der Waals surface area (Å²) < 4.78 is 49.8. The number of halogens is 3.